The van der Waals surface area contributed by atoms with Gasteiger partial charge in [0.05, 0.1) is 30.0 Å². The number of pyridine rings is 1. The third-order valence-corrected chi connectivity index (χ3v) is 6.13. The van der Waals surface area contributed by atoms with Crippen LogP contribution in [0.25, 0.3) is 5.70 Å². The van der Waals surface area contributed by atoms with E-state index in [1.54, 1.807) is 11.1 Å². The minimum atomic E-state index is -5.11. The van der Waals surface area contributed by atoms with E-state index < -0.39 is 34.7 Å². The second-order valence-corrected chi connectivity index (χ2v) is 9.05. The molecule has 1 aromatic heterocycles. The number of nitrogens with zero attached hydrogens (tertiary/aromatic N) is 4. The van der Waals surface area contributed by atoms with Gasteiger partial charge in [0, 0.05) is 23.2 Å². The van der Waals surface area contributed by atoms with E-state index in [4.69, 9.17) is 10.1 Å². The fraction of sp³-hybridized carbons (Fsp3) is 0.375. The fourth-order valence-corrected chi connectivity index (χ4v) is 4.23. The summed E-state index contributed by atoms with van der Waals surface area (Å²) in [6, 6.07) is 5.44. The smallest absolute Gasteiger partial charge is 0.352 e. The summed E-state index contributed by atoms with van der Waals surface area (Å²) in [6.45, 7) is 3.42. The van der Waals surface area contributed by atoms with Gasteiger partial charge in [-0.25, -0.2) is 4.39 Å². The third-order valence-electron chi connectivity index (χ3n) is 6.13. The maximum atomic E-state index is 15.4. The quantitative estimate of drug-likeness (QED) is 0.248. The first kappa shape index (κ1) is 26.4. The van der Waals surface area contributed by atoms with Gasteiger partial charge in [0.2, 0.25) is 11.8 Å². The SMILES string of the molecule is CC(C)C(=NC#N)N1CC(F)(c2ccc(C3=CC(c4cccc(C(F)(F)F)c4)(C(F)(F)F)ON3)cn2)C1. The summed E-state index contributed by atoms with van der Waals surface area (Å²) in [6.07, 6.45) is -6.50. The molecule has 1 aromatic carbocycles. The molecular formula is C24H20F7N5O. The molecule has 0 spiro atoms. The number of aliphatic imine (C=N–C) groups is 1. The van der Waals surface area contributed by atoms with Crippen LogP contribution in [0.5, 0.6) is 0 Å². The molecule has 0 amide bonds. The van der Waals surface area contributed by atoms with E-state index >= 15 is 4.39 Å². The van der Waals surface area contributed by atoms with Crippen molar-refractivity contribution in [2.45, 2.75) is 37.5 Å². The molecule has 1 unspecified atom stereocenters. The van der Waals surface area contributed by atoms with Crippen molar-refractivity contribution in [2.75, 3.05) is 13.1 Å². The number of amidine groups is 1. The van der Waals surface area contributed by atoms with Gasteiger partial charge in [-0.3, -0.25) is 15.3 Å². The molecule has 6 nitrogen and oxygen atoms in total. The lowest BCUT2D eigenvalue weighted by Gasteiger charge is -2.46. The monoisotopic (exact) mass is 527 g/mol. The summed E-state index contributed by atoms with van der Waals surface area (Å²) in [5, 5.41) is 8.83. The van der Waals surface area contributed by atoms with Gasteiger partial charge in [-0.1, -0.05) is 26.0 Å². The van der Waals surface area contributed by atoms with Crippen LogP contribution < -0.4 is 5.48 Å². The van der Waals surface area contributed by atoms with E-state index in [2.05, 4.69) is 15.5 Å². The van der Waals surface area contributed by atoms with Gasteiger partial charge in [0.25, 0.3) is 0 Å². The number of hydrogen-bond donors (Lipinski definition) is 1. The van der Waals surface area contributed by atoms with Crippen molar-refractivity contribution < 1.29 is 35.6 Å². The Bertz CT molecular complexity index is 1270. The van der Waals surface area contributed by atoms with Crippen molar-refractivity contribution in [3.8, 4) is 6.19 Å². The van der Waals surface area contributed by atoms with Crippen molar-refractivity contribution in [3.05, 3.63) is 71.1 Å². The minimum Gasteiger partial charge on any atom is -0.352 e. The molecule has 1 N–H and O–H groups in total. The molecule has 37 heavy (non-hydrogen) atoms. The molecular weight excluding hydrogens is 507 g/mol. The maximum Gasteiger partial charge on any atom is 0.428 e. The Morgan fingerprint density at radius 2 is 1.86 bits per heavy atom. The first-order valence-corrected chi connectivity index (χ1v) is 11.0. The molecule has 2 aliphatic rings. The maximum absolute atomic E-state index is 15.4. The highest BCUT2D eigenvalue weighted by Gasteiger charge is 2.60. The summed E-state index contributed by atoms with van der Waals surface area (Å²) >= 11 is 0. The zero-order valence-corrected chi connectivity index (χ0v) is 19.5. The number of benzene rings is 1. The van der Waals surface area contributed by atoms with Crippen LogP contribution in [0.3, 0.4) is 0 Å². The Morgan fingerprint density at radius 3 is 2.41 bits per heavy atom. The number of halogens is 7. The van der Waals surface area contributed by atoms with Crippen LogP contribution in [-0.4, -0.2) is 35.0 Å². The molecule has 1 fully saturated rings. The summed E-state index contributed by atoms with van der Waals surface area (Å²) in [4.78, 5) is 14.2. The standard InChI is InChI=1S/C24H20F7N5O/c1-14(2)20(34-13-32)36-11-21(25,12-36)19-7-6-15(10-33-19)18-9-22(37-35-18,24(29,30)31)16-4-3-5-17(8-16)23(26,27)28/h3-10,14,35H,11-12H2,1-2H3. The second-order valence-electron chi connectivity index (χ2n) is 9.05. The van der Waals surface area contributed by atoms with E-state index in [-0.39, 0.29) is 36.0 Å². The Morgan fingerprint density at radius 1 is 1.16 bits per heavy atom. The summed E-state index contributed by atoms with van der Waals surface area (Å²) in [5.74, 6) is 0.327. The lowest BCUT2D eigenvalue weighted by molar-refractivity contribution is -0.269. The first-order chi connectivity index (χ1) is 17.2. The molecule has 1 saturated heterocycles. The van der Waals surface area contributed by atoms with Crippen LogP contribution in [0.4, 0.5) is 30.7 Å². The lowest BCUT2D eigenvalue weighted by Crippen LogP contribution is -2.60. The molecule has 2 aliphatic heterocycles. The topological polar surface area (TPSA) is 73.5 Å². The van der Waals surface area contributed by atoms with Crippen molar-refractivity contribution in [2.24, 2.45) is 10.9 Å². The first-order valence-electron chi connectivity index (χ1n) is 11.0. The molecule has 1 atom stereocenters. The zero-order valence-electron chi connectivity index (χ0n) is 19.5. The van der Waals surface area contributed by atoms with E-state index in [0.29, 0.717) is 24.0 Å². The number of likely N-dealkylation sites (tertiary alicyclic amines) is 1. The Hall–Kier alpha value is -3.66. The van der Waals surface area contributed by atoms with E-state index in [9.17, 15) is 26.3 Å². The van der Waals surface area contributed by atoms with Gasteiger partial charge in [-0.2, -0.15) is 36.6 Å². The van der Waals surface area contributed by atoms with E-state index in [0.717, 1.165) is 18.3 Å². The minimum absolute atomic E-state index is 0.0343. The van der Waals surface area contributed by atoms with Crippen LogP contribution in [0.15, 0.2) is 53.7 Å². The predicted octanol–water partition coefficient (Wildman–Crippen LogP) is 5.45. The third kappa shape index (κ3) is 4.73. The van der Waals surface area contributed by atoms with Gasteiger partial charge in [-0.15, -0.1) is 0 Å². The van der Waals surface area contributed by atoms with Crippen LogP contribution >= 0.6 is 0 Å². The summed E-state index contributed by atoms with van der Waals surface area (Å²) in [5.41, 5.74) is -4.99. The fourth-order valence-electron chi connectivity index (χ4n) is 4.23. The molecule has 0 bridgehead atoms. The van der Waals surface area contributed by atoms with Gasteiger partial charge in [0.15, 0.2) is 5.67 Å². The Balaban J connectivity index is 1.60. The van der Waals surface area contributed by atoms with E-state index in [1.165, 1.54) is 12.1 Å². The van der Waals surface area contributed by atoms with Crippen LogP contribution in [0, 0.1) is 17.4 Å². The van der Waals surface area contributed by atoms with Gasteiger partial charge >= 0.3 is 12.4 Å². The van der Waals surface area contributed by atoms with Crippen LogP contribution in [-0.2, 0) is 22.3 Å². The summed E-state index contributed by atoms with van der Waals surface area (Å²) < 4.78 is 97.1. The molecule has 2 aromatic rings. The van der Waals surface area contributed by atoms with Crippen molar-refractivity contribution in [1.29, 1.82) is 5.26 Å². The van der Waals surface area contributed by atoms with Crippen LogP contribution in [0.2, 0.25) is 0 Å². The Kier molecular flexibility index (Phi) is 6.44. The molecule has 0 radical (unpaired) electrons. The normalized spacial score (nSPS) is 21.8. The van der Waals surface area contributed by atoms with Gasteiger partial charge in [0.1, 0.15) is 5.84 Å². The summed E-state index contributed by atoms with van der Waals surface area (Å²) in [7, 11) is 0. The van der Waals surface area contributed by atoms with Crippen LogP contribution in [0.1, 0.15) is 36.2 Å². The second kappa shape index (κ2) is 9.02. The number of rotatable bonds is 4. The van der Waals surface area contributed by atoms with Crippen molar-refractivity contribution in [3.63, 3.8) is 0 Å². The van der Waals surface area contributed by atoms with E-state index in [1.807, 2.05) is 13.8 Å². The number of alkyl halides is 7. The highest BCUT2D eigenvalue weighted by Crippen LogP contribution is 2.48. The van der Waals surface area contributed by atoms with Gasteiger partial charge < -0.3 is 4.90 Å². The molecule has 3 heterocycles. The highest BCUT2D eigenvalue weighted by molar-refractivity contribution is 5.86. The van der Waals surface area contributed by atoms with Crippen molar-refractivity contribution in [1.82, 2.24) is 15.4 Å². The highest BCUT2D eigenvalue weighted by atomic mass is 19.4. The molecule has 0 saturated carbocycles. The lowest BCUT2D eigenvalue weighted by atomic mass is 9.89. The number of hydrogen-bond acceptors (Lipinski definition) is 5. The van der Waals surface area contributed by atoms with Crippen molar-refractivity contribution >= 4 is 11.5 Å². The number of aromatic nitrogens is 1. The molecule has 196 valence electrons. The average molecular weight is 527 g/mol. The predicted molar refractivity (Wildman–Crippen MR) is 118 cm³/mol. The number of hydroxylamine groups is 1. The molecule has 0 aliphatic carbocycles. The number of nitrogens with one attached hydrogen (secondary N) is 1. The largest absolute Gasteiger partial charge is 0.428 e. The van der Waals surface area contributed by atoms with Gasteiger partial charge in [-0.05, 0) is 30.3 Å². The zero-order chi connectivity index (χ0) is 27.2. The molecule has 13 heteroatoms. The Labute approximate surface area is 207 Å². The average Bonchev–Trinajstić information content (AvgIpc) is 3.27. The molecule has 4 rings (SSSR count). The number of nitriles is 1.